The van der Waals surface area contributed by atoms with E-state index in [9.17, 15) is 0 Å². The van der Waals surface area contributed by atoms with Crippen molar-refractivity contribution in [1.82, 2.24) is 5.32 Å². The highest BCUT2D eigenvalue weighted by atomic mass is 35.5. The van der Waals surface area contributed by atoms with E-state index in [1.807, 2.05) is 6.07 Å². The van der Waals surface area contributed by atoms with Crippen LogP contribution in [0.5, 0.6) is 0 Å². The molecule has 0 radical (unpaired) electrons. The number of halogens is 2. The molecule has 2 aromatic heterocycles. The van der Waals surface area contributed by atoms with Crippen molar-refractivity contribution in [3.05, 3.63) is 42.7 Å². The van der Waals surface area contributed by atoms with Crippen LogP contribution in [-0.2, 0) is 0 Å². The fourth-order valence-electron chi connectivity index (χ4n) is 1.93. The molecular weight excluding hydrogens is 305 g/mol. The predicted molar refractivity (Wildman–Crippen MR) is 83.2 cm³/mol. The number of thiophene rings is 2. The van der Waals surface area contributed by atoms with Gasteiger partial charge in [0.1, 0.15) is 0 Å². The van der Waals surface area contributed by atoms with E-state index >= 15 is 0 Å². The molecular formula is C13H15Cl2NS2. The van der Waals surface area contributed by atoms with Crippen LogP contribution in [0.25, 0.3) is 0 Å². The second-order valence-corrected chi connectivity index (χ2v) is 7.41. The summed E-state index contributed by atoms with van der Waals surface area (Å²) >= 11 is 15.4. The van der Waals surface area contributed by atoms with Gasteiger partial charge < -0.3 is 5.32 Å². The fourth-order valence-corrected chi connectivity index (χ4v) is 4.45. The number of nitrogens with one attached hydrogen (secondary N) is 1. The molecule has 1 N–H and O–H groups in total. The summed E-state index contributed by atoms with van der Waals surface area (Å²) in [6.07, 6.45) is 1.06. The monoisotopic (exact) mass is 319 g/mol. The normalized spacial score (nSPS) is 14.7. The highest BCUT2D eigenvalue weighted by Gasteiger charge is 2.18. The van der Waals surface area contributed by atoms with Crippen molar-refractivity contribution in [3.63, 3.8) is 0 Å². The molecule has 0 fully saturated rings. The van der Waals surface area contributed by atoms with Crippen molar-refractivity contribution in [2.45, 2.75) is 32.4 Å². The molecule has 0 aromatic carbocycles. The van der Waals surface area contributed by atoms with E-state index in [0.717, 1.165) is 20.7 Å². The van der Waals surface area contributed by atoms with E-state index in [1.54, 1.807) is 11.3 Å². The third-order valence-electron chi connectivity index (χ3n) is 2.90. The second-order valence-electron chi connectivity index (χ2n) is 4.14. The highest BCUT2D eigenvalue weighted by molar-refractivity contribution is 7.20. The molecule has 0 bridgehead atoms. The average Bonchev–Trinajstić information content (AvgIpc) is 2.95. The van der Waals surface area contributed by atoms with Gasteiger partial charge in [0.25, 0.3) is 0 Å². The quantitative estimate of drug-likeness (QED) is 0.721. The lowest BCUT2D eigenvalue weighted by Crippen LogP contribution is -2.23. The van der Waals surface area contributed by atoms with E-state index in [1.165, 1.54) is 16.2 Å². The molecule has 0 saturated heterocycles. The number of hydrogen-bond donors (Lipinski definition) is 1. The molecule has 0 spiro atoms. The second kappa shape index (κ2) is 6.40. The maximum absolute atomic E-state index is 6.19. The molecule has 2 unspecified atom stereocenters. The Labute approximate surface area is 126 Å². The van der Waals surface area contributed by atoms with Gasteiger partial charge in [-0.15, -0.1) is 22.7 Å². The summed E-state index contributed by atoms with van der Waals surface area (Å²) in [5.41, 5.74) is 1.08. The van der Waals surface area contributed by atoms with Crippen LogP contribution in [0.15, 0.2) is 23.6 Å². The third-order valence-corrected chi connectivity index (χ3v) is 5.40. The Bertz CT molecular complexity index is 493. The van der Waals surface area contributed by atoms with Crippen molar-refractivity contribution >= 4 is 45.9 Å². The Morgan fingerprint density at radius 3 is 2.67 bits per heavy atom. The lowest BCUT2D eigenvalue weighted by atomic mass is 10.1. The van der Waals surface area contributed by atoms with E-state index in [-0.39, 0.29) is 6.04 Å². The maximum atomic E-state index is 6.19. The number of rotatable bonds is 5. The van der Waals surface area contributed by atoms with Gasteiger partial charge >= 0.3 is 0 Å². The van der Waals surface area contributed by atoms with Crippen molar-refractivity contribution in [2.75, 3.05) is 0 Å². The average molecular weight is 320 g/mol. The van der Waals surface area contributed by atoms with Crippen LogP contribution in [-0.4, -0.2) is 0 Å². The van der Waals surface area contributed by atoms with Crippen LogP contribution in [0, 0.1) is 0 Å². The first kappa shape index (κ1) is 14.4. The van der Waals surface area contributed by atoms with Crippen LogP contribution in [0.1, 0.15) is 42.8 Å². The summed E-state index contributed by atoms with van der Waals surface area (Å²) in [6.45, 7) is 4.31. The largest absolute Gasteiger partial charge is 0.303 e. The zero-order chi connectivity index (χ0) is 13.1. The molecule has 5 heteroatoms. The van der Waals surface area contributed by atoms with Gasteiger partial charge in [-0.05, 0) is 36.4 Å². The Hall–Kier alpha value is -0.0600. The SMILES string of the molecule is CCC(NC(C)c1cc(Cl)sc1Cl)c1cccs1. The summed E-state index contributed by atoms with van der Waals surface area (Å²) in [5, 5.41) is 5.72. The molecule has 2 heterocycles. The molecule has 2 aromatic rings. The van der Waals surface area contributed by atoms with Crippen molar-refractivity contribution in [1.29, 1.82) is 0 Å². The first-order chi connectivity index (χ1) is 8.61. The van der Waals surface area contributed by atoms with Crippen LogP contribution in [0.4, 0.5) is 0 Å². The minimum Gasteiger partial charge on any atom is -0.303 e. The molecule has 18 heavy (non-hydrogen) atoms. The van der Waals surface area contributed by atoms with Gasteiger partial charge in [-0.2, -0.15) is 0 Å². The van der Waals surface area contributed by atoms with E-state index in [2.05, 4.69) is 36.7 Å². The lowest BCUT2D eigenvalue weighted by Gasteiger charge is -2.21. The van der Waals surface area contributed by atoms with Gasteiger partial charge in [-0.1, -0.05) is 36.2 Å². The van der Waals surface area contributed by atoms with Gasteiger partial charge in [-0.3, -0.25) is 0 Å². The molecule has 0 saturated carbocycles. The number of hydrogen-bond acceptors (Lipinski definition) is 3. The first-order valence-corrected chi connectivity index (χ1v) is 8.31. The zero-order valence-electron chi connectivity index (χ0n) is 10.2. The first-order valence-electron chi connectivity index (χ1n) is 5.86. The van der Waals surface area contributed by atoms with Gasteiger partial charge in [0.15, 0.2) is 0 Å². The van der Waals surface area contributed by atoms with Crippen LogP contribution in [0.2, 0.25) is 8.67 Å². The molecule has 2 rings (SSSR count). The van der Waals surface area contributed by atoms with Crippen molar-refractivity contribution in [2.24, 2.45) is 0 Å². The minimum absolute atomic E-state index is 0.202. The fraction of sp³-hybridized carbons (Fsp3) is 0.385. The molecule has 2 atom stereocenters. The highest BCUT2D eigenvalue weighted by Crippen LogP contribution is 2.36. The van der Waals surface area contributed by atoms with Gasteiger partial charge in [0.2, 0.25) is 0 Å². The molecule has 0 amide bonds. The van der Waals surface area contributed by atoms with E-state index in [4.69, 9.17) is 23.2 Å². The van der Waals surface area contributed by atoms with Crippen LogP contribution < -0.4 is 5.32 Å². The third kappa shape index (κ3) is 3.28. The zero-order valence-corrected chi connectivity index (χ0v) is 13.4. The summed E-state index contributed by atoms with van der Waals surface area (Å²) < 4.78 is 1.52. The van der Waals surface area contributed by atoms with Gasteiger partial charge in [0.05, 0.1) is 8.67 Å². The smallest absolute Gasteiger partial charge is 0.0991 e. The lowest BCUT2D eigenvalue weighted by molar-refractivity contribution is 0.463. The standard InChI is InChI=1S/C13H15Cl2NS2/c1-3-10(11-5-4-6-17-11)16-8(2)9-7-12(14)18-13(9)15/h4-8,10,16H,3H2,1-2H3. The maximum Gasteiger partial charge on any atom is 0.0991 e. The topological polar surface area (TPSA) is 12.0 Å². The Morgan fingerprint density at radius 1 is 1.39 bits per heavy atom. The minimum atomic E-state index is 0.202. The Balaban J connectivity index is 2.10. The van der Waals surface area contributed by atoms with Crippen LogP contribution >= 0.6 is 45.9 Å². The van der Waals surface area contributed by atoms with E-state index in [0.29, 0.717) is 6.04 Å². The van der Waals surface area contributed by atoms with Crippen LogP contribution in [0.3, 0.4) is 0 Å². The Kier molecular flexibility index (Phi) is 5.10. The predicted octanol–water partition coefficient (Wildman–Crippen LogP) is 5.92. The van der Waals surface area contributed by atoms with E-state index < -0.39 is 0 Å². The molecule has 1 nitrogen and oxygen atoms in total. The molecule has 0 aliphatic carbocycles. The summed E-state index contributed by atoms with van der Waals surface area (Å²) in [5.74, 6) is 0. The van der Waals surface area contributed by atoms with Gasteiger partial charge in [0, 0.05) is 17.0 Å². The van der Waals surface area contributed by atoms with Crippen molar-refractivity contribution in [3.8, 4) is 0 Å². The Morgan fingerprint density at radius 2 is 2.17 bits per heavy atom. The molecule has 98 valence electrons. The summed E-state index contributed by atoms with van der Waals surface area (Å²) in [7, 11) is 0. The summed E-state index contributed by atoms with van der Waals surface area (Å²) in [6, 6.07) is 6.78. The molecule has 0 aliphatic heterocycles. The van der Waals surface area contributed by atoms with Gasteiger partial charge in [-0.25, -0.2) is 0 Å². The van der Waals surface area contributed by atoms with Crippen molar-refractivity contribution < 1.29 is 0 Å². The summed E-state index contributed by atoms with van der Waals surface area (Å²) in [4.78, 5) is 1.36. The molecule has 0 aliphatic rings.